The Morgan fingerprint density at radius 1 is 1.05 bits per heavy atom. The maximum atomic E-state index is 11.2. The number of nitrogens with one attached hydrogen (secondary N) is 1. The lowest BCUT2D eigenvalue weighted by Gasteiger charge is -2.24. The number of para-hydroxylation sites is 1. The number of hydrogen-bond donors (Lipinski definition) is 3. The van der Waals surface area contributed by atoms with E-state index in [2.05, 4.69) is 32.2 Å². The second kappa shape index (κ2) is 5.48. The highest BCUT2D eigenvalue weighted by atomic mass is 16.1. The fraction of sp³-hybridized carbons (Fsp3) is 0.235. The smallest absolute Gasteiger partial charge is 0.248 e. The molecule has 0 saturated heterocycles. The number of amides is 1. The minimum atomic E-state index is -0.483. The summed E-state index contributed by atoms with van der Waals surface area (Å²) in [6.07, 6.45) is 0. The highest BCUT2D eigenvalue weighted by Crippen LogP contribution is 2.32. The largest absolute Gasteiger partial charge is 0.397 e. The third-order valence-corrected chi connectivity index (χ3v) is 3.34. The van der Waals surface area contributed by atoms with Crippen molar-refractivity contribution in [1.82, 2.24) is 0 Å². The summed E-state index contributed by atoms with van der Waals surface area (Å²) in [5.41, 5.74) is 15.1. The molecule has 0 bridgehead atoms. The lowest BCUT2D eigenvalue weighted by atomic mass is 9.86. The predicted molar refractivity (Wildman–Crippen MR) is 87.8 cm³/mol. The average Bonchev–Trinajstić information content (AvgIpc) is 2.40. The highest BCUT2D eigenvalue weighted by Gasteiger charge is 2.17. The van der Waals surface area contributed by atoms with Crippen molar-refractivity contribution in [3.05, 3.63) is 53.6 Å². The van der Waals surface area contributed by atoms with Gasteiger partial charge in [0.1, 0.15) is 0 Å². The molecule has 0 fully saturated rings. The Morgan fingerprint density at radius 3 is 2.29 bits per heavy atom. The molecule has 0 radical (unpaired) electrons. The minimum Gasteiger partial charge on any atom is -0.397 e. The van der Waals surface area contributed by atoms with Crippen molar-refractivity contribution in [3.8, 4) is 0 Å². The third-order valence-electron chi connectivity index (χ3n) is 3.34. The van der Waals surface area contributed by atoms with Gasteiger partial charge in [0.2, 0.25) is 5.91 Å². The molecule has 0 atom stereocenters. The molecule has 0 unspecified atom stereocenters. The highest BCUT2D eigenvalue weighted by molar-refractivity contribution is 5.95. The van der Waals surface area contributed by atoms with E-state index in [1.165, 1.54) is 5.56 Å². The van der Waals surface area contributed by atoms with E-state index in [1.54, 1.807) is 18.2 Å². The van der Waals surface area contributed by atoms with Crippen molar-refractivity contribution < 1.29 is 4.79 Å². The number of nitrogens with two attached hydrogens (primary N) is 2. The van der Waals surface area contributed by atoms with Crippen LogP contribution in [0.2, 0.25) is 0 Å². The van der Waals surface area contributed by atoms with E-state index in [-0.39, 0.29) is 5.41 Å². The van der Waals surface area contributed by atoms with Crippen molar-refractivity contribution in [3.63, 3.8) is 0 Å². The topological polar surface area (TPSA) is 81.1 Å². The van der Waals surface area contributed by atoms with Crippen LogP contribution in [0.4, 0.5) is 17.1 Å². The Bertz CT molecular complexity index is 672. The van der Waals surface area contributed by atoms with Gasteiger partial charge in [0.25, 0.3) is 0 Å². The van der Waals surface area contributed by atoms with E-state index in [4.69, 9.17) is 11.5 Å². The molecule has 0 aliphatic carbocycles. The zero-order valence-electron chi connectivity index (χ0n) is 12.6. The van der Waals surface area contributed by atoms with Crippen LogP contribution in [-0.4, -0.2) is 5.91 Å². The summed E-state index contributed by atoms with van der Waals surface area (Å²) in [6, 6.07) is 13.1. The summed E-state index contributed by atoms with van der Waals surface area (Å²) in [5, 5.41) is 3.34. The molecular weight excluding hydrogens is 262 g/mol. The van der Waals surface area contributed by atoms with Gasteiger partial charge in [-0.15, -0.1) is 0 Å². The molecule has 0 saturated carbocycles. The first-order valence-corrected chi connectivity index (χ1v) is 6.85. The normalized spacial score (nSPS) is 11.2. The molecule has 0 heterocycles. The summed E-state index contributed by atoms with van der Waals surface area (Å²) < 4.78 is 0. The monoisotopic (exact) mass is 283 g/mol. The molecule has 2 aromatic carbocycles. The van der Waals surface area contributed by atoms with Crippen LogP contribution in [0.3, 0.4) is 0 Å². The Labute approximate surface area is 125 Å². The van der Waals surface area contributed by atoms with Gasteiger partial charge in [0.05, 0.1) is 11.4 Å². The van der Waals surface area contributed by atoms with Gasteiger partial charge >= 0.3 is 0 Å². The maximum absolute atomic E-state index is 11.2. The SMILES string of the molecule is CC(C)(C)c1ccccc1Nc1ccc(C(N)=O)cc1N. The van der Waals surface area contributed by atoms with Crippen LogP contribution in [0, 0.1) is 0 Å². The van der Waals surface area contributed by atoms with Gasteiger partial charge in [-0.25, -0.2) is 0 Å². The van der Waals surface area contributed by atoms with Crippen LogP contribution in [0.1, 0.15) is 36.7 Å². The van der Waals surface area contributed by atoms with Gasteiger partial charge in [-0.3, -0.25) is 4.79 Å². The van der Waals surface area contributed by atoms with Crippen molar-refractivity contribution in [2.45, 2.75) is 26.2 Å². The number of carbonyl (C=O) groups excluding carboxylic acids is 1. The third kappa shape index (κ3) is 3.34. The zero-order chi connectivity index (χ0) is 15.6. The van der Waals surface area contributed by atoms with Crippen LogP contribution in [-0.2, 0) is 5.41 Å². The van der Waals surface area contributed by atoms with Crippen molar-refractivity contribution in [1.29, 1.82) is 0 Å². The molecule has 2 rings (SSSR count). The van der Waals surface area contributed by atoms with Crippen LogP contribution in [0.5, 0.6) is 0 Å². The van der Waals surface area contributed by atoms with E-state index >= 15 is 0 Å². The summed E-state index contributed by atoms with van der Waals surface area (Å²) in [4.78, 5) is 11.2. The molecule has 21 heavy (non-hydrogen) atoms. The fourth-order valence-corrected chi connectivity index (χ4v) is 2.22. The standard InChI is InChI=1S/C17H21N3O/c1-17(2,3)12-6-4-5-7-14(12)20-15-9-8-11(16(19)21)10-13(15)18/h4-10,20H,18H2,1-3H3,(H2,19,21). The molecule has 0 aromatic heterocycles. The van der Waals surface area contributed by atoms with E-state index < -0.39 is 5.91 Å². The molecule has 2 aromatic rings. The Balaban J connectivity index is 2.38. The predicted octanol–water partition coefficient (Wildman–Crippen LogP) is 3.41. The Hall–Kier alpha value is -2.49. The quantitative estimate of drug-likeness (QED) is 0.755. The summed E-state index contributed by atoms with van der Waals surface area (Å²) >= 11 is 0. The van der Waals surface area contributed by atoms with E-state index in [1.807, 2.05) is 18.2 Å². The molecular formula is C17H21N3O. The van der Waals surface area contributed by atoms with E-state index in [0.717, 1.165) is 11.4 Å². The molecule has 0 aliphatic rings. The van der Waals surface area contributed by atoms with Crippen molar-refractivity contribution >= 4 is 23.0 Å². The number of hydrogen-bond acceptors (Lipinski definition) is 3. The van der Waals surface area contributed by atoms with Crippen LogP contribution in [0.25, 0.3) is 0 Å². The van der Waals surface area contributed by atoms with E-state index in [0.29, 0.717) is 11.3 Å². The van der Waals surface area contributed by atoms with Gasteiger partial charge in [-0.2, -0.15) is 0 Å². The lowest BCUT2D eigenvalue weighted by molar-refractivity contribution is 0.100. The molecule has 0 aliphatic heterocycles. The molecule has 110 valence electrons. The first kappa shape index (κ1) is 14.9. The molecule has 5 N–H and O–H groups in total. The Morgan fingerprint density at radius 2 is 1.71 bits per heavy atom. The van der Waals surface area contributed by atoms with Crippen molar-refractivity contribution in [2.75, 3.05) is 11.1 Å². The number of benzene rings is 2. The first-order valence-electron chi connectivity index (χ1n) is 6.85. The van der Waals surface area contributed by atoms with Crippen LogP contribution >= 0.6 is 0 Å². The average molecular weight is 283 g/mol. The number of nitrogen functional groups attached to an aromatic ring is 1. The number of primary amides is 1. The Kier molecular flexibility index (Phi) is 3.89. The van der Waals surface area contributed by atoms with Gasteiger partial charge in [-0.1, -0.05) is 39.0 Å². The number of rotatable bonds is 3. The molecule has 4 heteroatoms. The fourth-order valence-electron chi connectivity index (χ4n) is 2.22. The molecule has 4 nitrogen and oxygen atoms in total. The van der Waals surface area contributed by atoms with Gasteiger partial charge in [0.15, 0.2) is 0 Å². The van der Waals surface area contributed by atoms with Crippen molar-refractivity contribution in [2.24, 2.45) is 5.73 Å². The summed E-state index contributed by atoms with van der Waals surface area (Å²) in [6.45, 7) is 6.48. The van der Waals surface area contributed by atoms with Gasteiger partial charge in [-0.05, 0) is 35.2 Å². The maximum Gasteiger partial charge on any atom is 0.248 e. The first-order chi connectivity index (χ1) is 9.79. The van der Waals surface area contributed by atoms with E-state index in [9.17, 15) is 4.79 Å². The second-order valence-corrected chi connectivity index (χ2v) is 6.09. The van der Waals surface area contributed by atoms with Crippen LogP contribution in [0.15, 0.2) is 42.5 Å². The zero-order valence-corrected chi connectivity index (χ0v) is 12.6. The van der Waals surface area contributed by atoms with Gasteiger partial charge in [0, 0.05) is 11.3 Å². The second-order valence-electron chi connectivity index (χ2n) is 6.09. The van der Waals surface area contributed by atoms with Gasteiger partial charge < -0.3 is 16.8 Å². The summed E-state index contributed by atoms with van der Waals surface area (Å²) in [7, 11) is 0. The van der Waals surface area contributed by atoms with Crippen LogP contribution < -0.4 is 16.8 Å². The molecule has 0 spiro atoms. The number of carbonyl (C=O) groups is 1. The summed E-state index contributed by atoms with van der Waals surface area (Å²) in [5.74, 6) is -0.483. The minimum absolute atomic E-state index is 0.0194. The lowest BCUT2D eigenvalue weighted by Crippen LogP contribution is -2.14. The number of anilines is 3. The molecule has 1 amide bonds.